The van der Waals surface area contributed by atoms with Crippen LogP contribution in [-0.2, 0) is 19.1 Å². The molecule has 0 spiro atoms. The number of carbonyl (C=O) groups excluding carboxylic acids is 2. The molecule has 1 fully saturated rings. The van der Waals surface area contributed by atoms with Gasteiger partial charge in [0.1, 0.15) is 6.61 Å². The number of benzene rings is 2. The Morgan fingerprint density at radius 3 is 2.33 bits per heavy atom. The van der Waals surface area contributed by atoms with Crippen molar-refractivity contribution in [3.63, 3.8) is 0 Å². The van der Waals surface area contributed by atoms with Gasteiger partial charge in [-0.05, 0) is 35.1 Å². The Labute approximate surface area is 192 Å². The fraction of sp³-hybridized carbons (Fsp3) is 0.400. The number of ether oxygens (including phenoxy) is 2. The zero-order valence-electron chi connectivity index (χ0n) is 18.5. The van der Waals surface area contributed by atoms with Gasteiger partial charge in [-0.25, -0.2) is 4.79 Å². The van der Waals surface area contributed by atoms with Gasteiger partial charge in [0, 0.05) is 18.6 Å². The van der Waals surface area contributed by atoms with Gasteiger partial charge in [0.05, 0.1) is 12.5 Å². The molecule has 8 heteroatoms. The highest BCUT2D eigenvalue weighted by Crippen LogP contribution is 2.44. The molecule has 1 aliphatic heterocycles. The van der Waals surface area contributed by atoms with Crippen molar-refractivity contribution in [1.29, 1.82) is 0 Å². The van der Waals surface area contributed by atoms with Crippen molar-refractivity contribution < 1.29 is 29.0 Å². The van der Waals surface area contributed by atoms with Gasteiger partial charge in [0.2, 0.25) is 0 Å². The largest absolute Gasteiger partial charge is 0.481 e. The number of rotatable bonds is 8. The first-order chi connectivity index (χ1) is 16.0. The summed E-state index contributed by atoms with van der Waals surface area (Å²) in [6.07, 6.45) is -0.705. The maximum absolute atomic E-state index is 12.6. The smallest absolute Gasteiger partial charge is 0.407 e. The highest BCUT2D eigenvalue weighted by Gasteiger charge is 2.37. The lowest BCUT2D eigenvalue weighted by Gasteiger charge is -2.22. The molecule has 2 aliphatic rings. The number of nitrogens with one attached hydrogen (secondary N) is 2. The van der Waals surface area contributed by atoms with Crippen LogP contribution in [0.25, 0.3) is 11.1 Å². The van der Waals surface area contributed by atoms with E-state index in [2.05, 4.69) is 22.8 Å². The number of alkyl carbamates (subject to hydrolysis) is 1. The van der Waals surface area contributed by atoms with Crippen LogP contribution in [0.4, 0.5) is 4.79 Å². The molecule has 4 rings (SSSR count). The van der Waals surface area contributed by atoms with Crippen molar-refractivity contribution in [2.75, 3.05) is 13.2 Å². The van der Waals surface area contributed by atoms with Gasteiger partial charge in [-0.1, -0.05) is 55.5 Å². The second-order valence-electron chi connectivity index (χ2n) is 8.37. The predicted octanol–water partition coefficient (Wildman–Crippen LogP) is 3.05. The van der Waals surface area contributed by atoms with Crippen molar-refractivity contribution in [3.8, 4) is 11.1 Å². The molecule has 33 heavy (non-hydrogen) atoms. The Balaban J connectivity index is 1.35. The number of hydrogen-bond acceptors (Lipinski definition) is 5. The van der Waals surface area contributed by atoms with E-state index in [-0.39, 0.29) is 18.9 Å². The molecule has 0 bridgehead atoms. The third kappa shape index (κ3) is 5.01. The Kier molecular flexibility index (Phi) is 6.93. The Morgan fingerprint density at radius 1 is 1.09 bits per heavy atom. The molecule has 0 aromatic heterocycles. The van der Waals surface area contributed by atoms with Gasteiger partial charge in [-0.15, -0.1) is 0 Å². The molecule has 1 saturated heterocycles. The fourth-order valence-corrected chi connectivity index (χ4v) is 4.58. The number of hydrogen-bond donors (Lipinski definition) is 3. The molecule has 0 radical (unpaired) electrons. The highest BCUT2D eigenvalue weighted by molar-refractivity contribution is 5.84. The van der Waals surface area contributed by atoms with Crippen LogP contribution in [0.3, 0.4) is 0 Å². The van der Waals surface area contributed by atoms with Crippen LogP contribution >= 0.6 is 0 Å². The highest BCUT2D eigenvalue weighted by atomic mass is 16.6. The van der Waals surface area contributed by atoms with Gasteiger partial charge < -0.3 is 25.2 Å². The van der Waals surface area contributed by atoms with Crippen LogP contribution in [0.15, 0.2) is 48.5 Å². The van der Waals surface area contributed by atoms with E-state index in [0.717, 1.165) is 22.3 Å². The van der Waals surface area contributed by atoms with Crippen molar-refractivity contribution in [1.82, 2.24) is 10.6 Å². The molecule has 2 amide bonds. The minimum Gasteiger partial charge on any atom is -0.481 e. The molecule has 3 atom stereocenters. The molecule has 2 unspecified atom stereocenters. The zero-order chi connectivity index (χ0) is 23.4. The molecule has 2 aromatic rings. The van der Waals surface area contributed by atoms with Crippen molar-refractivity contribution in [2.24, 2.45) is 0 Å². The third-order valence-electron chi connectivity index (χ3n) is 6.26. The second-order valence-corrected chi connectivity index (χ2v) is 8.37. The first-order valence-electron chi connectivity index (χ1n) is 11.2. The average Bonchev–Trinajstić information content (AvgIpc) is 3.39. The van der Waals surface area contributed by atoms with Crippen LogP contribution in [0.2, 0.25) is 0 Å². The van der Waals surface area contributed by atoms with E-state index in [4.69, 9.17) is 14.6 Å². The number of fused-ring (bicyclic) bond motifs is 3. The zero-order valence-corrected chi connectivity index (χ0v) is 18.5. The van der Waals surface area contributed by atoms with E-state index in [1.54, 1.807) is 6.92 Å². The van der Waals surface area contributed by atoms with Crippen LogP contribution < -0.4 is 10.6 Å². The summed E-state index contributed by atoms with van der Waals surface area (Å²) in [6, 6.07) is 15.2. The summed E-state index contributed by atoms with van der Waals surface area (Å²) < 4.78 is 11.1. The Morgan fingerprint density at radius 2 is 1.73 bits per heavy atom. The predicted molar refractivity (Wildman–Crippen MR) is 121 cm³/mol. The standard InChI is InChI=1S/C25H28N2O6/c1-2-15(13-22(28)29)26-24(30)23-21(11-12-32-23)27-25(31)33-14-20-18-9-5-3-7-16(18)17-8-4-6-10-19(17)20/h3-10,15,20-21,23H,2,11-14H2,1H3,(H,26,30)(H,27,31)(H,28,29)/t15-,21?,23?/m0/s1. The minimum absolute atomic E-state index is 0.0524. The summed E-state index contributed by atoms with van der Waals surface area (Å²) in [5, 5.41) is 14.4. The van der Waals surface area contributed by atoms with Gasteiger partial charge in [0.15, 0.2) is 6.10 Å². The number of carboxylic acids is 1. The second kappa shape index (κ2) is 10.0. The maximum atomic E-state index is 12.6. The van der Waals surface area contributed by atoms with Gasteiger partial charge in [-0.2, -0.15) is 0 Å². The topological polar surface area (TPSA) is 114 Å². The lowest BCUT2D eigenvalue weighted by molar-refractivity contribution is -0.138. The van der Waals surface area contributed by atoms with Crippen LogP contribution in [0.1, 0.15) is 43.2 Å². The monoisotopic (exact) mass is 452 g/mol. The molecular weight excluding hydrogens is 424 g/mol. The van der Waals surface area contributed by atoms with Crippen LogP contribution in [-0.4, -0.2) is 54.5 Å². The van der Waals surface area contributed by atoms with Crippen molar-refractivity contribution in [3.05, 3.63) is 59.7 Å². The van der Waals surface area contributed by atoms with E-state index < -0.39 is 36.2 Å². The number of carbonyl (C=O) groups is 3. The SMILES string of the molecule is CC[C@@H](CC(=O)O)NC(=O)C1OCCC1NC(=O)OCC1c2ccccc2-c2ccccc21. The Hall–Kier alpha value is -3.39. The molecular formula is C25H28N2O6. The van der Waals surface area contributed by atoms with Crippen LogP contribution in [0.5, 0.6) is 0 Å². The molecule has 2 aromatic carbocycles. The average molecular weight is 453 g/mol. The summed E-state index contributed by atoms with van der Waals surface area (Å²) in [6.45, 7) is 2.30. The van der Waals surface area contributed by atoms with E-state index in [1.165, 1.54) is 0 Å². The first-order valence-corrected chi connectivity index (χ1v) is 11.2. The lowest BCUT2D eigenvalue weighted by Crippen LogP contribution is -2.50. The van der Waals surface area contributed by atoms with Gasteiger partial charge >= 0.3 is 12.1 Å². The summed E-state index contributed by atoms with van der Waals surface area (Å²) >= 11 is 0. The van der Waals surface area contributed by atoms with E-state index in [1.807, 2.05) is 36.4 Å². The number of carboxylic acid groups (broad SMARTS) is 1. The molecule has 0 saturated carbocycles. The summed E-state index contributed by atoms with van der Waals surface area (Å²) in [7, 11) is 0. The Bertz CT molecular complexity index is 994. The molecule has 1 heterocycles. The first kappa shape index (κ1) is 22.8. The minimum atomic E-state index is -0.984. The summed E-state index contributed by atoms with van der Waals surface area (Å²) in [4.78, 5) is 36.1. The fourth-order valence-electron chi connectivity index (χ4n) is 4.58. The summed E-state index contributed by atoms with van der Waals surface area (Å²) in [5.74, 6) is -1.46. The van der Waals surface area contributed by atoms with Gasteiger partial charge in [0.25, 0.3) is 5.91 Å². The van der Waals surface area contributed by atoms with Crippen molar-refractivity contribution in [2.45, 2.75) is 50.3 Å². The normalized spacial score (nSPS) is 19.9. The van der Waals surface area contributed by atoms with Crippen molar-refractivity contribution >= 4 is 18.0 Å². The van der Waals surface area contributed by atoms with Crippen LogP contribution in [0, 0.1) is 0 Å². The maximum Gasteiger partial charge on any atom is 0.407 e. The van der Waals surface area contributed by atoms with E-state index in [0.29, 0.717) is 19.4 Å². The van der Waals surface area contributed by atoms with Gasteiger partial charge in [-0.3, -0.25) is 9.59 Å². The quantitative estimate of drug-likeness (QED) is 0.567. The molecule has 174 valence electrons. The third-order valence-corrected chi connectivity index (χ3v) is 6.26. The number of aliphatic carboxylic acids is 1. The lowest BCUT2D eigenvalue weighted by atomic mass is 9.98. The number of amides is 2. The molecule has 3 N–H and O–H groups in total. The van der Waals surface area contributed by atoms with E-state index >= 15 is 0 Å². The summed E-state index contributed by atoms with van der Waals surface area (Å²) in [5.41, 5.74) is 4.54. The molecule has 8 nitrogen and oxygen atoms in total. The van der Waals surface area contributed by atoms with E-state index in [9.17, 15) is 14.4 Å². The molecule has 1 aliphatic carbocycles.